The second-order valence-electron chi connectivity index (χ2n) is 7.98. The molecule has 2 heterocycles. The number of alkyl halides is 3. The summed E-state index contributed by atoms with van der Waals surface area (Å²) in [6.07, 6.45) is -3.64. The average molecular weight is 511 g/mol. The number of carbonyl (C=O) groups is 1. The number of amides is 1. The summed E-state index contributed by atoms with van der Waals surface area (Å²) in [6, 6.07) is 11.5. The molecular weight excluding hydrogens is 482 g/mol. The summed E-state index contributed by atoms with van der Waals surface area (Å²) in [4.78, 5) is 10.9. The first kappa shape index (κ1) is 28.2. The van der Waals surface area contributed by atoms with Crippen molar-refractivity contribution in [3.63, 3.8) is 0 Å². The number of halogens is 3. The molecule has 1 N–H and O–H groups in total. The molecular formula is C25H29F3NO5P. The largest absolute Gasteiger partial charge is 0.457 e. The Hall–Kier alpha value is -3.03. The molecule has 10 heteroatoms. The number of allylic oxidation sites excluding steroid dienone is 2. The summed E-state index contributed by atoms with van der Waals surface area (Å²) < 4.78 is 66.2. The third kappa shape index (κ3) is 7.23. The number of fused-ring (bicyclic) bond motifs is 2. The molecule has 1 amide bonds. The molecule has 0 aromatic heterocycles. The van der Waals surface area contributed by atoms with Crippen LogP contribution in [0.1, 0.15) is 45.7 Å². The fourth-order valence-electron chi connectivity index (χ4n) is 3.46. The summed E-state index contributed by atoms with van der Waals surface area (Å²) in [6.45, 7) is 14.0. The second kappa shape index (κ2) is 10.7. The number of carbonyl (C=O) groups excluding carboxylic acids is 1. The Labute approximate surface area is 203 Å². The van der Waals surface area contributed by atoms with Crippen LogP contribution >= 0.6 is 7.60 Å². The number of benzene rings is 2. The maximum atomic E-state index is 12.9. The lowest BCUT2D eigenvalue weighted by Crippen LogP contribution is -2.26. The quantitative estimate of drug-likeness (QED) is 0.398. The molecule has 2 aliphatic heterocycles. The smallest absolute Gasteiger partial charge is 0.417 e. The molecule has 2 aromatic rings. The highest BCUT2D eigenvalue weighted by Gasteiger charge is 2.39. The molecule has 2 aromatic carbocycles. The summed E-state index contributed by atoms with van der Waals surface area (Å²) >= 11 is 0. The van der Waals surface area contributed by atoms with Gasteiger partial charge in [-0.1, -0.05) is 38.6 Å². The van der Waals surface area contributed by atoms with Crippen LogP contribution in [0.15, 0.2) is 60.9 Å². The molecule has 0 radical (unpaired) electrons. The van der Waals surface area contributed by atoms with E-state index in [1.165, 1.54) is 31.8 Å². The van der Waals surface area contributed by atoms with E-state index < -0.39 is 24.9 Å². The lowest BCUT2D eigenvalue weighted by molar-refractivity contribution is -0.114. The Morgan fingerprint density at radius 1 is 1.09 bits per heavy atom. The van der Waals surface area contributed by atoms with Gasteiger partial charge in [-0.3, -0.25) is 9.32 Å². The lowest BCUT2D eigenvalue weighted by atomic mass is 9.98. The van der Waals surface area contributed by atoms with Gasteiger partial charge in [0.1, 0.15) is 22.9 Å². The normalized spacial score (nSPS) is 19.6. The van der Waals surface area contributed by atoms with Crippen LogP contribution in [0.4, 0.5) is 18.9 Å². The van der Waals surface area contributed by atoms with Crippen molar-refractivity contribution >= 4 is 24.8 Å². The third-order valence-corrected chi connectivity index (χ3v) is 5.95. The van der Waals surface area contributed by atoms with Crippen LogP contribution in [0.5, 0.6) is 11.5 Å². The van der Waals surface area contributed by atoms with Crippen molar-refractivity contribution in [1.29, 1.82) is 0 Å². The van der Waals surface area contributed by atoms with Crippen molar-refractivity contribution in [3.8, 4) is 11.5 Å². The highest BCUT2D eigenvalue weighted by molar-refractivity contribution is 7.53. The molecule has 0 bridgehead atoms. The molecule has 0 spiro atoms. The van der Waals surface area contributed by atoms with Crippen LogP contribution in [0.2, 0.25) is 0 Å². The molecule has 35 heavy (non-hydrogen) atoms. The Balaban J connectivity index is 0.000000239. The highest BCUT2D eigenvalue weighted by Crippen LogP contribution is 2.57. The minimum atomic E-state index is -4.49. The first-order valence-electron chi connectivity index (χ1n) is 10.8. The lowest BCUT2D eigenvalue weighted by Gasteiger charge is -2.35. The van der Waals surface area contributed by atoms with Crippen LogP contribution in [-0.4, -0.2) is 18.7 Å². The minimum Gasteiger partial charge on any atom is -0.457 e. The average Bonchev–Trinajstić information content (AvgIpc) is 2.72. The van der Waals surface area contributed by atoms with Crippen molar-refractivity contribution in [2.45, 2.75) is 46.4 Å². The van der Waals surface area contributed by atoms with Gasteiger partial charge in [0.25, 0.3) is 0 Å². The van der Waals surface area contributed by atoms with E-state index in [2.05, 4.69) is 11.9 Å². The monoisotopic (exact) mass is 511 g/mol. The Kier molecular flexibility index (Phi) is 8.63. The minimum absolute atomic E-state index is 0.0195. The first-order valence-corrected chi connectivity index (χ1v) is 12.8. The Morgan fingerprint density at radius 3 is 2.31 bits per heavy atom. The van der Waals surface area contributed by atoms with Gasteiger partial charge in [0.2, 0.25) is 5.91 Å². The van der Waals surface area contributed by atoms with Crippen LogP contribution in [0, 0.1) is 0 Å². The zero-order valence-corrected chi connectivity index (χ0v) is 21.3. The molecule has 6 nitrogen and oxygen atoms in total. The van der Waals surface area contributed by atoms with E-state index in [0.29, 0.717) is 11.4 Å². The predicted octanol–water partition coefficient (Wildman–Crippen LogP) is 7.68. The van der Waals surface area contributed by atoms with E-state index in [9.17, 15) is 22.5 Å². The van der Waals surface area contributed by atoms with E-state index in [1.807, 2.05) is 52.0 Å². The van der Waals surface area contributed by atoms with Crippen LogP contribution in [0.3, 0.4) is 0 Å². The Morgan fingerprint density at radius 2 is 1.71 bits per heavy atom. The van der Waals surface area contributed by atoms with E-state index in [4.69, 9.17) is 13.8 Å². The number of rotatable bonds is 1. The molecule has 0 saturated carbocycles. The Bertz CT molecular complexity index is 1190. The molecule has 1 unspecified atom stereocenters. The highest BCUT2D eigenvalue weighted by atomic mass is 31.2. The number of hydrogen-bond donors (Lipinski definition) is 1. The summed E-state index contributed by atoms with van der Waals surface area (Å²) in [5.74, 6) is 0.265. The van der Waals surface area contributed by atoms with E-state index in [1.54, 1.807) is 0 Å². The van der Waals surface area contributed by atoms with Crippen LogP contribution in [-0.2, 0) is 19.5 Å². The zero-order chi connectivity index (χ0) is 26.6. The molecule has 0 fully saturated rings. The fraction of sp³-hybridized carbons (Fsp3) is 0.320. The third-order valence-electron chi connectivity index (χ3n) is 4.64. The number of para-hydroxylation sites is 1. The van der Waals surface area contributed by atoms with Crippen LogP contribution in [0.25, 0.3) is 5.57 Å². The second-order valence-corrected chi connectivity index (χ2v) is 9.88. The van der Waals surface area contributed by atoms with Crippen LogP contribution < -0.4 is 14.6 Å². The molecule has 190 valence electrons. The summed E-state index contributed by atoms with van der Waals surface area (Å²) in [7, 11) is -2.94. The number of hydrogen-bond acceptors (Lipinski definition) is 5. The molecule has 1 atom stereocenters. The fourth-order valence-corrected chi connectivity index (χ4v) is 4.94. The first-order chi connectivity index (χ1) is 16.2. The van der Waals surface area contributed by atoms with Gasteiger partial charge in [-0.2, -0.15) is 13.2 Å². The maximum Gasteiger partial charge on any atom is 0.417 e. The summed E-state index contributed by atoms with van der Waals surface area (Å²) in [5.41, 5.74) is -0.128. The van der Waals surface area contributed by atoms with Gasteiger partial charge >= 0.3 is 13.8 Å². The summed E-state index contributed by atoms with van der Waals surface area (Å²) in [5, 5.41) is 2.47. The zero-order valence-electron chi connectivity index (χ0n) is 20.4. The topological polar surface area (TPSA) is 73.9 Å². The molecule has 4 rings (SSSR count). The maximum absolute atomic E-state index is 12.9. The standard InChI is InChI=1S/C13H10F3NO2.C10H13O3P.C2H6/c1-7-5-11(13(14,15)16)10-4-3-9(17-8(2)18)6-12(10)19-7;1-10(2)8-6-4-5-7-9(8)12-14(3,11)13-10;1-2/h3-6H,1H2,2H3,(H,17,18);4-7H,1-3H3;1-2H3. The van der Waals surface area contributed by atoms with Gasteiger partial charge in [0.15, 0.2) is 0 Å². The van der Waals surface area contributed by atoms with Crippen molar-refractivity contribution in [2.75, 3.05) is 12.0 Å². The van der Waals surface area contributed by atoms with E-state index in [0.717, 1.165) is 11.6 Å². The van der Waals surface area contributed by atoms with E-state index >= 15 is 0 Å². The van der Waals surface area contributed by atoms with Gasteiger partial charge < -0.3 is 14.6 Å². The number of anilines is 1. The molecule has 0 saturated heterocycles. The number of ether oxygens (including phenoxy) is 1. The van der Waals surface area contributed by atoms with Gasteiger partial charge in [-0.25, -0.2) is 4.57 Å². The van der Waals surface area contributed by atoms with Crippen molar-refractivity contribution in [3.05, 3.63) is 72.0 Å². The molecule has 0 aliphatic carbocycles. The number of nitrogens with one attached hydrogen (secondary N) is 1. The van der Waals surface area contributed by atoms with Crippen molar-refractivity contribution < 1.29 is 36.3 Å². The van der Waals surface area contributed by atoms with Gasteiger partial charge in [0, 0.05) is 36.5 Å². The van der Waals surface area contributed by atoms with Gasteiger partial charge in [0.05, 0.1) is 5.57 Å². The SMILES string of the molecule is C=C1C=C(C(F)(F)F)c2ccc(NC(C)=O)cc2O1.CC.CC1(C)OP(C)(=O)Oc2ccccc21. The van der Waals surface area contributed by atoms with Crippen molar-refractivity contribution in [1.82, 2.24) is 0 Å². The van der Waals surface area contributed by atoms with Crippen molar-refractivity contribution in [2.24, 2.45) is 0 Å². The van der Waals surface area contributed by atoms with Gasteiger partial charge in [-0.05, 0) is 38.1 Å². The predicted molar refractivity (Wildman–Crippen MR) is 131 cm³/mol. The van der Waals surface area contributed by atoms with E-state index in [-0.39, 0.29) is 23.0 Å². The van der Waals surface area contributed by atoms with Gasteiger partial charge in [-0.15, -0.1) is 0 Å². The molecule has 2 aliphatic rings.